The van der Waals surface area contributed by atoms with Crippen LogP contribution < -0.4 is 10.5 Å². The van der Waals surface area contributed by atoms with Crippen LogP contribution in [0.1, 0.15) is 5.56 Å². The zero-order valence-corrected chi connectivity index (χ0v) is 9.88. The van der Waals surface area contributed by atoms with Gasteiger partial charge in [-0.05, 0) is 29.8 Å². The smallest absolute Gasteiger partial charge is 0.314 e. The summed E-state index contributed by atoms with van der Waals surface area (Å²) >= 11 is 0. The summed E-state index contributed by atoms with van der Waals surface area (Å²) in [6.07, 6.45) is 0. The Morgan fingerprint density at radius 1 is 1.21 bits per heavy atom. The van der Waals surface area contributed by atoms with E-state index in [-0.39, 0.29) is 5.75 Å². The molecule has 2 aromatic carbocycles. The first-order chi connectivity index (χ1) is 9.10. The lowest BCUT2D eigenvalue weighted by atomic mass is 10.2. The molecule has 0 aromatic heterocycles. The lowest BCUT2D eigenvalue weighted by Crippen LogP contribution is -1.96. The van der Waals surface area contributed by atoms with Crippen molar-refractivity contribution in [3.8, 4) is 11.5 Å². The summed E-state index contributed by atoms with van der Waals surface area (Å²) in [6, 6.07) is 9.96. The molecule has 2 aromatic rings. The van der Waals surface area contributed by atoms with E-state index in [2.05, 4.69) is 0 Å². The summed E-state index contributed by atoms with van der Waals surface area (Å²) in [5.41, 5.74) is 5.96. The lowest BCUT2D eigenvalue weighted by Gasteiger charge is -2.06. The predicted molar refractivity (Wildman–Crippen MR) is 67.5 cm³/mol. The Labute approximate surface area is 108 Å². The molecular weight excluding hydrogens is 251 g/mol. The van der Waals surface area contributed by atoms with E-state index >= 15 is 0 Å². The fraction of sp³-hybridized carbons (Fsp3) is 0.0769. The molecule has 0 atom stereocenters. The van der Waals surface area contributed by atoms with Gasteiger partial charge in [-0.15, -0.1) is 0 Å². The number of halogens is 1. The number of benzene rings is 2. The van der Waals surface area contributed by atoms with Crippen molar-refractivity contribution in [2.75, 3.05) is 0 Å². The number of nitrogens with zero attached hydrogens (tertiary/aromatic N) is 1. The summed E-state index contributed by atoms with van der Waals surface area (Å²) < 4.78 is 18.3. The first kappa shape index (κ1) is 13.0. The van der Waals surface area contributed by atoms with Crippen molar-refractivity contribution in [3.05, 3.63) is 64.0 Å². The zero-order chi connectivity index (χ0) is 13.8. The van der Waals surface area contributed by atoms with Crippen molar-refractivity contribution in [2.45, 2.75) is 6.54 Å². The second-order valence-electron chi connectivity index (χ2n) is 3.82. The van der Waals surface area contributed by atoms with Crippen LogP contribution in [0.15, 0.2) is 42.5 Å². The van der Waals surface area contributed by atoms with Gasteiger partial charge < -0.3 is 10.5 Å². The number of rotatable bonds is 4. The summed E-state index contributed by atoms with van der Waals surface area (Å²) in [5, 5.41) is 10.8. The first-order valence-electron chi connectivity index (χ1n) is 5.51. The van der Waals surface area contributed by atoms with Gasteiger partial charge in [0.05, 0.1) is 11.0 Å². The number of nitro benzene ring substituents is 1. The molecule has 0 unspecified atom stereocenters. The predicted octanol–water partition coefficient (Wildman–Crippen LogP) is 2.98. The fourth-order valence-corrected chi connectivity index (χ4v) is 1.54. The van der Waals surface area contributed by atoms with Crippen molar-refractivity contribution in [2.24, 2.45) is 5.73 Å². The molecule has 0 aliphatic carbocycles. The lowest BCUT2D eigenvalue weighted by molar-refractivity contribution is -0.385. The number of nitro groups is 1. The van der Waals surface area contributed by atoms with Crippen molar-refractivity contribution < 1.29 is 14.1 Å². The Kier molecular flexibility index (Phi) is 3.72. The highest BCUT2D eigenvalue weighted by Gasteiger charge is 2.16. The molecule has 0 heterocycles. The molecule has 0 radical (unpaired) electrons. The minimum absolute atomic E-state index is 0.00750. The van der Waals surface area contributed by atoms with Gasteiger partial charge in [-0.2, -0.15) is 0 Å². The Balaban J connectivity index is 2.29. The second-order valence-corrected chi connectivity index (χ2v) is 3.82. The topological polar surface area (TPSA) is 78.4 Å². The normalized spacial score (nSPS) is 10.2. The monoisotopic (exact) mass is 262 g/mol. The number of hydrogen-bond donors (Lipinski definition) is 1. The summed E-state index contributed by atoms with van der Waals surface area (Å²) in [7, 11) is 0. The van der Waals surface area contributed by atoms with Gasteiger partial charge in [0, 0.05) is 6.54 Å². The van der Waals surface area contributed by atoms with E-state index in [0.29, 0.717) is 12.3 Å². The third-order valence-electron chi connectivity index (χ3n) is 2.50. The maximum absolute atomic E-state index is 13.0. The molecule has 19 heavy (non-hydrogen) atoms. The molecule has 2 N–H and O–H groups in total. The summed E-state index contributed by atoms with van der Waals surface area (Å²) in [6.45, 7) is 0.400. The van der Waals surface area contributed by atoms with Gasteiger partial charge in [0.2, 0.25) is 5.75 Å². The van der Waals surface area contributed by atoms with Gasteiger partial charge in [0.1, 0.15) is 11.6 Å². The first-order valence-corrected chi connectivity index (χ1v) is 5.51. The van der Waals surface area contributed by atoms with E-state index in [9.17, 15) is 14.5 Å². The number of nitrogens with two attached hydrogens (primary N) is 1. The van der Waals surface area contributed by atoms with Crippen LogP contribution in [0.5, 0.6) is 11.5 Å². The van der Waals surface area contributed by atoms with E-state index in [1.807, 2.05) is 0 Å². The highest BCUT2D eigenvalue weighted by Crippen LogP contribution is 2.31. The average Bonchev–Trinajstić information content (AvgIpc) is 2.41. The minimum atomic E-state index is -0.688. The largest absolute Gasteiger partial charge is 0.450 e. The third kappa shape index (κ3) is 3.05. The molecule has 0 bridgehead atoms. The van der Waals surface area contributed by atoms with Crippen molar-refractivity contribution >= 4 is 5.69 Å². The van der Waals surface area contributed by atoms with Crippen LogP contribution in [0.2, 0.25) is 0 Å². The molecular formula is C13H11FN2O3. The van der Waals surface area contributed by atoms with Gasteiger partial charge in [0.25, 0.3) is 0 Å². The van der Waals surface area contributed by atoms with Crippen LogP contribution in [-0.4, -0.2) is 4.92 Å². The van der Waals surface area contributed by atoms with Gasteiger partial charge >= 0.3 is 5.69 Å². The molecule has 0 amide bonds. The van der Waals surface area contributed by atoms with Crippen LogP contribution in [0, 0.1) is 15.9 Å². The molecule has 0 saturated carbocycles. The van der Waals surface area contributed by atoms with Crippen LogP contribution in [0.3, 0.4) is 0 Å². The molecule has 0 fully saturated rings. The molecule has 0 spiro atoms. The van der Waals surface area contributed by atoms with Crippen LogP contribution in [0.4, 0.5) is 10.1 Å². The standard InChI is InChI=1S/C13H11FN2O3/c14-10-3-6-13(12(7-10)16(17)18)19-11-4-1-9(8-15)2-5-11/h1-7H,8,15H2. The number of hydrogen-bond acceptors (Lipinski definition) is 4. The molecule has 6 heteroatoms. The Bertz CT molecular complexity index is 599. The van der Waals surface area contributed by atoms with Gasteiger partial charge in [-0.25, -0.2) is 4.39 Å². The van der Waals surface area contributed by atoms with Crippen LogP contribution in [-0.2, 0) is 6.54 Å². The Morgan fingerprint density at radius 3 is 2.47 bits per heavy atom. The highest BCUT2D eigenvalue weighted by molar-refractivity contribution is 5.48. The van der Waals surface area contributed by atoms with Crippen molar-refractivity contribution in [1.82, 2.24) is 0 Å². The SMILES string of the molecule is NCc1ccc(Oc2ccc(F)cc2[N+](=O)[O-])cc1. The minimum Gasteiger partial charge on any atom is -0.450 e. The molecule has 0 saturated heterocycles. The van der Waals surface area contributed by atoms with Crippen molar-refractivity contribution in [3.63, 3.8) is 0 Å². The highest BCUT2D eigenvalue weighted by atomic mass is 19.1. The van der Waals surface area contributed by atoms with Gasteiger partial charge in [-0.1, -0.05) is 12.1 Å². The average molecular weight is 262 g/mol. The molecule has 0 aliphatic heterocycles. The fourth-order valence-electron chi connectivity index (χ4n) is 1.54. The third-order valence-corrected chi connectivity index (χ3v) is 2.50. The van der Waals surface area contributed by atoms with E-state index in [1.54, 1.807) is 24.3 Å². The zero-order valence-electron chi connectivity index (χ0n) is 9.88. The summed E-state index contributed by atoms with van der Waals surface area (Å²) in [4.78, 5) is 10.1. The van der Waals surface area contributed by atoms with Gasteiger partial charge in [-0.3, -0.25) is 10.1 Å². The quantitative estimate of drug-likeness (QED) is 0.678. The molecule has 0 aliphatic rings. The van der Waals surface area contributed by atoms with Crippen LogP contribution in [0.25, 0.3) is 0 Å². The maximum Gasteiger partial charge on any atom is 0.314 e. The maximum atomic E-state index is 13.0. The van der Waals surface area contributed by atoms with E-state index < -0.39 is 16.4 Å². The molecule has 98 valence electrons. The Hall–Kier alpha value is -2.47. The van der Waals surface area contributed by atoms with E-state index in [0.717, 1.165) is 17.7 Å². The van der Waals surface area contributed by atoms with Gasteiger partial charge in [0.15, 0.2) is 0 Å². The van der Waals surface area contributed by atoms with E-state index in [4.69, 9.17) is 10.5 Å². The molecule has 2 rings (SSSR count). The molecule has 5 nitrogen and oxygen atoms in total. The second kappa shape index (κ2) is 5.45. The van der Waals surface area contributed by atoms with E-state index in [1.165, 1.54) is 6.07 Å². The van der Waals surface area contributed by atoms with Crippen molar-refractivity contribution in [1.29, 1.82) is 0 Å². The van der Waals surface area contributed by atoms with Crippen LogP contribution >= 0.6 is 0 Å². The number of ether oxygens (including phenoxy) is 1. The Morgan fingerprint density at radius 2 is 1.89 bits per heavy atom. The summed E-state index contributed by atoms with van der Waals surface area (Å²) in [5.74, 6) is -0.267.